The third-order valence-electron chi connectivity index (χ3n) is 2.73. The predicted molar refractivity (Wildman–Crippen MR) is 77.9 cm³/mol. The molecule has 0 spiro atoms. The Morgan fingerprint density at radius 3 is 2.70 bits per heavy atom. The Hall–Kier alpha value is -2.28. The number of nitrogens with zero attached hydrogens (tertiary/aromatic N) is 1. The van der Waals surface area contributed by atoms with Crippen molar-refractivity contribution in [3.05, 3.63) is 56.5 Å². The topological polar surface area (TPSA) is 95.6 Å². The van der Waals surface area contributed by atoms with Gasteiger partial charge in [-0.15, -0.1) is 0 Å². The molecular weight excluding hydrogens is 328 g/mol. The van der Waals surface area contributed by atoms with Crippen molar-refractivity contribution < 1.29 is 15.1 Å². The molecule has 0 saturated carbocycles. The number of non-ortho nitro benzene ring substituents is 1. The fraction of sp³-hybridized carbons (Fsp3) is 0.0769. The standard InChI is InChI=1S/C13H11BrN2O4/c14-10-5-4-9(16(19)20)6-11(10)15-7-8-2-1-3-12(17)13(8)18/h1-6,15,17-18H,7H2. The lowest BCUT2D eigenvalue weighted by Gasteiger charge is -2.10. The monoisotopic (exact) mass is 338 g/mol. The quantitative estimate of drug-likeness (QED) is 0.451. The average Bonchev–Trinajstić information content (AvgIpc) is 2.41. The molecule has 3 N–H and O–H groups in total. The summed E-state index contributed by atoms with van der Waals surface area (Å²) in [6, 6.07) is 8.98. The summed E-state index contributed by atoms with van der Waals surface area (Å²) >= 11 is 3.29. The number of phenolic OH excluding ortho intramolecular Hbond substituents is 2. The van der Waals surface area contributed by atoms with Crippen molar-refractivity contribution in [2.24, 2.45) is 0 Å². The van der Waals surface area contributed by atoms with Crippen molar-refractivity contribution in [3.63, 3.8) is 0 Å². The van der Waals surface area contributed by atoms with Crippen LogP contribution in [0, 0.1) is 10.1 Å². The molecule has 2 aromatic carbocycles. The fourth-order valence-corrected chi connectivity index (χ4v) is 2.06. The minimum atomic E-state index is -0.483. The number of hydrogen-bond acceptors (Lipinski definition) is 5. The summed E-state index contributed by atoms with van der Waals surface area (Å²) in [6.07, 6.45) is 0. The molecule has 7 heteroatoms. The van der Waals surface area contributed by atoms with Gasteiger partial charge in [-0.1, -0.05) is 12.1 Å². The number of halogens is 1. The summed E-state index contributed by atoms with van der Waals surface area (Å²) in [5.74, 6) is -0.413. The molecular formula is C13H11BrN2O4. The van der Waals surface area contributed by atoms with Gasteiger partial charge in [0.2, 0.25) is 0 Å². The molecule has 0 radical (unpaired) electrons. The van der Waals surface area contributed by atoms with Crippen LogP contribution in [0.25, 0.3) is 0 Å². The van der Waals surface area contributed by atoms with Gasteiger partial charge in [-0.25, -0.2) is 0 Å². The zero-order chi connectivity index (χ0) is 14.7. The molecule has 6 nitrogen and oxygen atoms in total. The highest BCUT2D eigenvalue weighted by molar-refractivity contribution is 9.10. The van der Waals surface area contributed by atoms with E-state index in [1.165, 1.54) is 18.2 Å². The number of benzene rings is 2. The fourth-order valence-electron chi connectivity index (χ4n) is 1.67. The molecule has 104 valence electrons. The third kappa shape index (κ3) is 3.00. The zero-order valence-corrected chi connectivity index (χ0v) is 11.8. The van der Waals surface area contributed by atoms with E-state index in [1.807, 2.05) is 0 Å². The van der Waals surface area contributed by atoms with Crippen molar-refractivity contribution in [1.82, 2.24) is 0 Å². The van der Waals surface area contributed by atoms with Gasteiger partial charge in [0.1, 0.15) is 0 Å². The lowest BCUT2D eigenvalue weighted by molar-refractivity contribution is -0.384. The van der Waals surface area contributed by atoms with E-state index in [0.29, 0.717) is 15.7 Å². The van der Waals surface area contributed by atoms with Crippen LogP contribution in [0.4, 0.5) is 11.4 Å². The minimum Gasteiger partial charge on any atom is -0.504 e. The molecule has 0 bridgehead atoms. The number of hydrogen-bond donors (Lipinski definition) is 3. The van der Waals surface area contributed by atoms with Gasteiger partial charge >= 0.3 is 0 Å². The number of nitro groups is 1. The first-order valence-corrected chi connectivity index (χ1v) is 6.46. The van der Waals surface area contributed by atoms with Crippen LogP contribution in [0.3, 0.4) is 0 Å². The Balaban J connectivity index is 2.20. The molecule has 20 heavy (non-hydrogen) atoms. The van der Waals surface area contributed by atoms with Crippen LogP contribution < -0.4 is 5.32 Å². The molecule has 0 atom stereocenters. The summed E-state index contributed by atoms with van der Waals surface area (Å²) in [5.41, 5.74) is 0.987. The summed E-state index contributed by atoms with van der Waals surface area (Å²) < 4.78 is 0.669. The second-order valence-electron chi connectivity index (χ2n) is 4.06. The molecule has 0 saturated heterocycles. The molecule has 0 amide bonds. The van der Waals surface area contributed by atoms with Crippen LogP contribution in [0.2, 0.25) is 0 Å². The Kier molecular flexibility index (Phi) is 4.09. The van der Waals surface area contributed by atoms with Crippen LogP contribution in [0.15, 0.2) is 40.9 Å². The highest BCUT2D eigenvalue weighted by Gasteiger charge is 2.10. The summed E-state index contributed by atoms with van der Waals surface area (Å²) in [6.45, 7) is 0.222. The Bertz CT molecular complexity index is 661. The highest BCUT2D eigenvalue weighted by Crippen LogP contribution is 2.31. The molecule has 0 unspecified atom stereocenters. The first-order chi connectivity index (χ1) is 9.49. The Morgan fingerprint density at radius 2 is 2.00 bits per heavy atom. The largest absolute Gasteiger partial charge is 0.504 e. The van der Waals surface area contributed by atoms with Gasteiger partial charge in [-0.2, -0.15) is 0 Å². The van der Waals surface area contributed by atoms with Crippen molar-refractivity contribution in [2.45, 2.75) is 6.54 Å². The van der Waals surface area contributed by atoms with Gasteiger partial charge in [-0.3, -0.25) is 10.1 Å². The number of rotatable bonds is 4. The molecule has 0 heterocycles. The Labute approximate surface area is 123 Å². The first-order valence-electron chi connectivity index (χ1n) is 5.66. The third-order valence-corrected chi connectivity index (χ3v) is 3.42. The second-order valence-corrected chi connectivity index (χ2v) is 4.91. The predicted octanol–water partition coefficient (Wildman–Crippen LogP) is 3.38. The maximum atomic E-state index is 10.7. The lowest BCUT2D eigenvalue weighted by atomic mass is 10.2. The normalized spacial score (nSPS) is 10.2. The van der Waals surface area contributed by atoms with Crippen molar-refractivity contribution in [1.29, 1.82) is 0 Å². The van der Waals surface area contributed by atoms with Crippen molar-refractivity contribution in [2.75, 3.05) is 5.32 Å². The van der Waals surface area contributed by atoms with Crippen LogP contribution >= 0.6 is 15.9 Å². The Morgan fingerprint density at radius 1 is 1.25 bits per heavy atom. The first kappa shape index (κ1) is 14.1. The average molecular weight is 339 g/mol. The number of anilines is 1. The lowest BCUT2D eigenvalue weighted by Crippen LogP contribution is -2.01. The van der Waals surface area contributed by atoms with E-state index in [9.17, 15) is 20.3 Å². The highest BCUT2D eigenvalue weighted by atomic mass is 79.9. The number of para-hydroxylation sites is 1. The van der Waals surface area contributed by atoms with Gasteiger partial charge in [-0.05, 0) is 28.1 Å². The summed E-state index contributed by atoms with van der Waals surface area (Å²) in [4.78, 5) is 10.2. The molecule has 2 rings (SSSR count). The molecule has 2 aromatic rings. The number of nitrogens with one attached hydrogen (secondary N) is 1. The van der Waals surface area contributed by atoms with E-state index < -0.39 is 4.92 Å². The van der Waals surface area contributed by atoms with Gasteiger partial charge in [0.25, 0.3) is 5.69 Å². The van der Waals surface area contributed by atoms with E-state index in [-0.39, 0.29) is 23.7 Å². The molecule has 0 aromatic heterocycles. The van der Waals surface area contributed by atoms with E-state index in [2.05, 4.69) is 21.2 Å². The van der Waals surface area contributed by atoms with Crippen molar-refractivity contribution >= 4 is 27.3 Å². The van der Waals surface area contributed by atoms with Crippen LogP contribution in [0.5, 0.6) is 11.5 Å². The van der Waals surface area contributed by atoms with Crippen LogP contribution in [0.1, 0.15) is 5.56 Å². The maximum absolute atomic E-state index is 10.7. The maximum Gasteiger partial charge on any atom is 0.271 e. The molecule has 0 aliphatic rings. The SMILES string of the molecule is O=[N+]([O-])c1ccc(Br)c(NCc2cccc(O)c2O)c1. The number of nitro benzene ring substituents is 1. The van der Waals surface area contributed by atoms with E-state index in [4.69, 9.17) is 0 Å². The van der Waals surface area contributed by atoms with Crippen LogP contribution in [-0.2, 0) is 6.54 Å². The molecule has 0 aliphatic carbocycles. The summed E-state index contributed by atoms with van der Waals surface area (Å²) in [5, 5.41) is 32.8. The molecule has 0 aliphatic heterocycles. The number of phenols is 2. The van der Waals surface area contributed by atoms with Crippen molar-refractivity contribution in [3.8, 4) is 11.5 Å². The minimum absolute atomic E-state index is 0.0316. The number of aromatic hydroxyl groups is 2. The van der Waals surface area contributed by atoms with E-state index in [0.717, 1.165) is 0 Å². The van der Waals surface area contributed by atoms with E-state index in [1.54, 1.807) is 18.2 Å². The zero-order valence-electron chi connectivity index (χ0n) is 10.2. The summed E-state index contributed by atoms with van der Waals surface area (Å²) in [7, 11) is 0. The van der Waals surface area contributed by atoms with Gasteiger partial charge in [0.15, 0.2) is 11.5 Å². The van der Waals surface area contributed by atoms with Gasteiger partial charge in [0, 0.05) is 28.7 Å². The molecule has 0 fully saturated rings. The van der Waals surface area contributed by atoms with E-state index >= 15 is 0 Å². The van der Waals surface area contributed by atoms with Crippen LogP contribution in [-0.4, -0.2) is 15.1 Å². The smallest absolute Gasteiger partial charge is 0.271 e. The van der Waals surface area contributed by atoms with Gasteiger partial charge < -0.3 is 15.5 Å². The second kappa shape index (κ2) is 5.79. The van der Waals surface area contributed by atoms with Gasteiger partial charge in [0.05, 0.1) is 10.6 Å².